The molecule has 1 aliphatic heterocycles. The van der Waals surface area contributed by atoms with Crippen molar-refractivity contribution in [1.29, 1.82) is 0 Å². The Bertz CT molecular complexity index is 495. The summed E-state index contributed by atoms with van der Waals surface area (Å²) >= 11 is 0. The third kappa shape index (κ3) is 3.50. The average Bonchev–Trinajstić information content (AvgIpc) is 2.57. The molecule has 1 unspecified atom stereocenters. The molecule has 1 atom stereocenters. The summed E-state index contributed by atoms with van der Waals surface area (Å²) in [7, 11) is -0.340. The fourth-order valence-electron chi connectivity index (χ4n) is 2.54. The molecule has 0 bridgehead atoms. The van der Waals surface area contributed by atoms with Gasteiger partial charge in [0.2, 0.25) is 0 Å². The number of benzene rings is 1. The van der Waals surface area contributed by atoms with Crippen LogP contribution in [0.3, 0.4) is 0 Å². The van der Waals surface area contributed by atoms with E-state index in [0.29, 0.717) is 6.42 Å². The zero-order valence-electron chi connectivity index (χ0n) is 14.1. The van der Waals surface area contributed by atoms with Crippen LogP contribution in [0.15, 0.2) is 18.2 Å². The fraction of sp³-hybridized carbons (Fsp3) is 0.647. The van der Waals surface area contributed by atoms with Crippen molar-refractivity contribution in [3.63, 3.8) is 0 Å². The van der Waals surface area contributed by atoms with Crippen molar-refractivity contribution in [2.24, 2.45) is 0 Å². The molecule has 2 rings (SSSR count). The van der Waals surface area contributed by atoms with Crippen LogP contribution < -0.4 is 5.46 Å². The lowest BCUT2D eigenvalue weighted by atomic mass is 9.77. The number of hydrogen-bond acceptors (Lipinski definition) is 3. The van der Waals surface area contributed by atoms with Gasteiger partial charge in [-0.25, -0.2) is 0 Å². The molecule has 0 spiro atoms. The zero-order valence-corrected chi connectivity index (χ0v) is 14.1. The van der Waals surface area contributed by atoms with E-state index in [1.54, 1.807) is 0 Å². The van der Waals surface area contributed by atoms with Crippen molar-refractivity contribution in [2.45, 2.75) is 71.7 Å². The summed E-state index contributed by atoms with van der Waals surface area (Å²) in [5, 5.41) is 9.86. The Labute approximate surface area is 128 Å². The fourth-order valence-corrected chi connectivity index (χ4v) is 2.54. The third-order valence-electron chi connectivity index (χ3n) is 4.63. The minimum atomic E-state index is -0.340. The van der Waals surface area contributed by atoms with Crippen LogP contribution in [0, 0.1) is 6.92 Å². The lowest BCUT2D eigenvalue weighted by Gasteiger charge is -2.32. The molecule has 0 saturated carbocycles. The number of aliphatic hydroxyl groups is 1. The molecule has 1 saturated heterocycles. The van der Waals surface area contributed by atoms with E-state index in [-0.39, 0.29) is 24.4 Å². The quantitative estimate of drug-likeness (QED) is 0.866. The van der Waals surface area contributed by atoms with Crippen LogP contribution in [0.1, 0.15) is 52.2 Å². The highest BCUT2D eigenvalue weighted by Crippen LogP contribution is 2.36. The minimum absolute atomic E-state index is 0.294. The van der Waals surface area contributed by atoms with Crippen LogP contribution in [0.25, 0.3) is 0 Å². The van der Waals surface area contributed by atoms with Gasteiger partial charge in [-0.2, -0.15) is 0 Å². The Morgan fingerprint density at radius 2 is 1.67 bits per heavy atom. The average molecular weight is 290 g/mol. The van der Waals surface area contributed by atoms with E-state index in [4.69, 9.17) is 9.31 Å². The summed E-state index contributed by atoms with van der Waals surface area (Å²) in [6, 6.07) is 6.31. The van der Waals surface area contributed by atoms with E-state index in [2.05, 4.69) is 52.8 Å². The maximum atomic E-state index is 9.86. The summed E-state index contributed by atoms with van der Waals surface area (Å²) < 4.78 is 12.2. The van der Waals surface area contributed by atoms with Gasteiger partial charge in [0.05, 0.1) is 17.3 Å². The second kappa shape index (κ2) is 5.75. The van der Waals surface area contributed by atoms with Crippen LogP contribution in [0.5, 0.6) is 0 Å². The van der Waals surface area contributed by atoms with Crippen LogP contribution in [0.4, 0.5) is 0 Å². The SMILES string of the molecule is CCC(O)Cc1cc(C)cc(B2OC(C)(C)C(C)(C)O2)c1. The van der Waals surface area contributed by atoms with Gasteiger partial charge in [-0.05, 0) is 58.5 Å². The van der Waals surface area contributed by atoms with Gasteiger partial charge >= 0.3 is 7.12 Å². The molecule has 21 heavy (non-hydrogen) atoms. The number of aryl methyl sites for hydroxylation is 1. The summed E-state index contributed by atoms with van der Waals surface area (Å²) in [5.41, 5.74) is 2.68. The van der Waals surface area contributed by atoms with E-state index < -0.39 is 0 Å². The smallest absolute Gasteiger partial charge is 0.399 e. The second-order valence-corrected chi connectivity index (χ2v) is 7.11. The normalized spacial score (nSPS) is 21.6. The van der Waals surface area contributed by atoms with Crippen molar-refractivity contribution < 1.29 is 14.4 Å². The minimum Gasteiger partial charge on any atom is -0.399 e. The first-order valence-corrected chi connectivity index (χ1v) is 7.79. The van der Waals surface area contributed by atoms with Crippen LogP contribution in [0.2, 0.25) is 0 Å². The first-order valence-electron chi connectivity index (χ1n) is 7.79. The number of aliphatic hydroxyl groups excluding tert-OH is 1. The van der Waals surface area contributed by atoms with Crippen LogP contribution in [-0.2, 0) is 15.7 Å². The highest BCUT2D eigenvalue weighted by atomic mass is 16.7. The molecule has 116 valence electrons. The van der Waals surface area contributed by atoms with E-state index in [9.17, 15) is 5.11 Å². The van der Waals surface area contributed by atoms with Crippen LogP contribution in [-0.4, -0.2) is 29.5 Å². The summed E-state index contributed by atoms with van der Waals surface area (Å²) in [4.78, 5) is 0. The molecule has 0 amide bonds. The third-order valence-corrected chi connectivity index (χ3v) is 4.63. The molecule has 0 radical (unpaired) electrons. The van der Waals surface area contributed by atoms with Crippen LogP contribution >= 0.6 is 0 Å². The van der Waals surface area contributed by atoms with Gasteiger partial charge in [0.1, 0.15) is 0 Å². The zero-order chi connectivity index (χ0) is 15.8. The highest BCUT2D eigenvalue weighted by molar-refractivity contribution is 6.62. The largest absolute Gasteiger partial charge is 0.494 e. The van der Waals surface area contributed by atoms with Crippen molar-refractivity contribution >= 4 is 12.6 Å². The van der Waals surface area contributed by atoms with Crippen molar-refractivity contribution in [1.82, 2.24) is 0 Å². The summed E-state index contributed by atoms with van der Waals surface area (Å²) in [5.74, 6) is 0. The highest BCUT2D eigenvalue weighted by Gasteiger charge is 2.51. The van der Waals surface area contributed by atoms with E-state index in [1.807, 2.05) is 6.92 Å². The topological polar surface area (TPSA) is 38.7 Å². The molecule has 1 fully saturated rings. The van der Waals surface area contributed by atoms with Gasteiger partial charge in [0.25, 0.3) is 0 Å². The standard InChI is InChI=1S/C17H27BO3/c1-7-15(19)11-13-8-12(2)9-14(10-13)18-20-16(3,4)17(5,6)21-18/h8-10,15,19H,7,11H2,1-6H3. The van der Waals surface area contributed by atoms with E-state index in [0.717, 1.165) is 17.4 Å². The second-order valence-electron chi connectivity index (χ2n) is 7.11. The predicted octanol–water partition coefficient (Wildman–Crippen LogP) is 2.61. The summed E-state index contributed by atoms with van der Waals surface area (Å²) in [6.45, 7) is 12.3. The van der Waals surface area contributed by atoms with Gasteiger partial charge in [0, 0.05) is 0 Å². The van der Waals surface area contributed by atoms with Gasteiger partial charge in [-0.3, -0.25) is 0 Å². The van der Waals surface area contributed by atoms with E-state index >= 15 is 0 Å². The molecule has 1 aromatic rings. The Kier molecular flexibility index (Phi) is 4.53. The Morgan fingerprint density at radius 1 is 1.10 bits per heavy atom. The van der Waals surface area contributed by atoms with Crippen molar-refractivity contribution in [3.05, 3.63) is 29.3 Å². The maximum Gasteiger partial charge on any atom is 0.494 e. The first kappa shape index (κ1) is 16.5. The molecule has 0 aromatic heterocycles. The molecule has 1 heterocycles. The predicted molar refractivity (Wildman–Crippen MR) is 86.9 cm³/mol. The van der Waals surface area contributed by atoms with Gasteiger partial charge in [0.15, 0.2) is 0 Å². The molecule has 0 aliphatic carbocycles. The molecular formula is C17H27BO3. The molecule has 3 nitrogen and oxygen atoms in total. The van der Waals surface area contributed by atoms with Gasteiger partial charge < -0.3 is 14.4 Å². The lowest BCUT2D eigenvalue weighted by molar-refractivity contribution is 0.00578. The molecule has 1 aliphatic rings. The maximum absolute atomic E-state index is 9.86. The Balaban J connectivity index is 2.25. The number of rotatable bonds is 4. The summed E-state index contributed by atoms with van der Waals surface area (Å²) in [6.07, 6.45) is 1.14. The molecule has 4 heteroatoms. The number of hydrogen-bond donors (Lipinski definition) is 1. The monoisotopic (exact) mass is 290 g/mol. The first-order chi connectivity index (χ1) is 9.64. The van der Waals surface area contributed by atoms with Crippen molar-refractivity contribution in [3.8, 4) is 0 Å². The lowest BCUT2D eigenvalue weighted by Crippen LogP contribution is -2.41. The van der Waals surface area contributed by atoms with E-state index in [1.165, 1.54) is 5.56 Å². The molecule has 1 aromatic carbocycles. The Morgan fingerprint density at radius 3 is 2.19 bits per heavy atom. The Hall–Kier alpha value is -0.835. The van der Waals surface area contributed by atoms with Crippen molar-refractivity contribution in [2.75, 3.05) is 0 Å². The molecular weight excluding hydrogens is 263 g/mol. The molecule has 1 N–H and O–H groups in total. The van der Waals surface area contributed by atoms with Gasteiger partial charge in [-0.15, -0.1) is 0 Å². The van der Waals surface area contributed by atoms with Gasteiger partial charge in [-0.1, -0.05) is 30.7 Å².